The number of benzene rings is 1. The minimum absolute atomic E-state index is 0. The summed E-state index contributed by atoms with van der Waals surface area (Å²) in [6, 6.07) is 4.90. The maximum atomic E-state index is 11.7. The van der Waals surface area contributed by atoms with E-state index in [4.69, 9.17) is 32.7 Å². The molecule has 0 aliphatic carbocycles. The van der Waals surface area contributed by atoms with Gasteiger partial charge >= 0.3 is 0 Å². The van der Waals surface area contributed by atoms with Crippen molar-refractivity contribution in [2.75, 3.05) is 46.0 Å². The molecule has 1 saturated heterocycles. The Morgan fingerprint density at radius 2 is 2.04 bits per heavy atom. The smallest absolute Gasteiger partial charge is 0.257 e. The first-order valence-corrected chi connectivity index (χ1v) is 8.05. The lowest BCUT2D eigenvalue weighted by Gasteiger charge is -2.26. The molecule has 130 valence electrons. The van der Waals surface area contributed by atoms with Crippen LogP contribution in [0.2, 0.25) is 10.0 Å². The molecule has 0 radical (unpaired) electrons. The van der Waals surface area contributed by atoms with Gasteiger partial charge in [-0.25, -0.2) is 0 Å². The number of nitrogens with one attached hydrogen (secondary N) is 1. The molecule has 1 aromatic rings. The van der Waals surface area contributed by atoms with Crippen molar-refractivity contribution in [3.05, 3.63) is 28.2 Å². The summed E-state index contributed by atoms with van der Waals surface area (Å²) in [6.07, 6.45) is 0.910. The molecule has 23 heavy (non-hydrogen) atoms. The zero-order chi connectivity index (χ0) is 15.8. The maximum Gasteiger partial charge on any atom is 0.257 e. The summed E-state index contributed by atoms with van der Waals surface area (Å²) in [7, 11) is 0. The normalized spacial score (nSPS) is 14.9. The number of halogens is 3. The van der Waals surface area contributed by atoms with Crippen LogP contribution in [-0.4, -0.2) is 56.8 Å². The Kier molecular flexibility index (Phi) is 9.67. The van der Waals surface area contributed by atoms with Gasteiger partial charge in [0.25, 0.3) is 5.91 Å². The fraction of sp³-hybridized carbons (Fsp3) is 0.533. The van der Waals surface area contributed by atoms with Gasteiger partial charge in [0.15, 0.2) is 6.61 Å². The summed E-state index contributed by atoms with van der Waals surface area (Å²) >= 11 is 11.8. The van der Waals surface area contributed by atoms with E-state index in [9.17, 15) is 4.79 Å². The number of nitrogens with zero attached hydrogens (tertiary/aromatic N) is 1. The number of amides is 1. The number of carbonyl (C=O) groups is 1. The van der Waals surface area contributed by atoms with E-state index in [2.05, 4.69) is 10.2 Å². The number of hydrogen-bond donors (Lipinski definition) is 1. The molecule has 1 N–H and O–H groups in total. The minimum atomic E-state index is -0.159. The minimum Gasteiger partial charge on any atom is -1.00 e. The fourth-order valence-electron chi connectivity index (χ4n) is 2.14. The number of ether oxygens (including phenoxy) is 2. The van der Waals surface area contributed by atoms with Crippen molar-refractivity contribution >= 4 is 29.1 Å². The first kappa shape index (κ1) is 20.3. The molecule has 0 atom stereocenters. The highest BCUT2D eigenvalue weighted by Crippen LogP contribution is 2.27. The quantitative estimate of drug-likeness (QED) is 0.628. The molecule has 0 bridgehead atoms. The van der Waals surface area contributed by atoms with Gasteiger partial charge in [-0.05, 0) is 31.2 Å². The van der Waals surface area contributed by atoms with E-state index in [1.165, 1.54) is 0 Å². The van der Waals surface area contributed by atoms with Crippen molar-refractivity contribution in [2.45, 2.75) is 6.42 Å². The Labute approximate surface area is 152 Å². The highest BCUT2D eigenvalue weighted by atomic mass is 35.5. The van der Waals surface area contributed by atoms with Gasteiger partial charge in [-0.15, -0.1) is 0 Å². The van der Waals surface area contributed by atoms with E-state index in [0.717, 1.165) is 39.3 Å². The number of morpholine rings is 1. The van der Waals surface area contributed by atoms with Gasteiger partial charge in [-0.3, -0.25) is 9.69 Å². The largest absolute Gasteiger partial charge is 1.00 e. The topological polar surface area (TPSA) is 50.8 Å². The fourth-order valence-corrected chi connectivity index (χ4v) is 2.60. The molecule has 0 spiro atoms. The third kappa shape index (κ3) is 7.59. The number of carbonyl (C=O) groups excluding carboxylic acids is 1. The first-order chi connectivity index (χ1) is 10.6. The second kappa shape index (κ2) is 10.9. The second-order valence-electron chi connectivity index (χ2n) is 5.02. The van der Waals surface area contributed by atoms with E-state index in [1.807, 2.05) is 0 Å². The summed E-state index contributed by atoms with van der Waals surface area (Å²) in [5.41, 5.74) is 0. The number of hydrogen-bond acceptors (Lipinski definition) is 4. The summed E-state index contributed by atoms with van der Waals surface area (Å²) in [4.78, 5) is 14.0. The summed E-state index contributed by atoms with van der Waals surface area (Å²) in [5, 5.41) is 3.76. The van der Waals surface area contributed by atoms with Crippen LogP contribution in [0.4, 0.5) is 0 Å². The van der Waals surface area contributed by atoms with Gasteiger partial charge in [-0.2, -0.15) is 0 Å². The Hall–Kier alpha value is -0.720. The highest BCUT2D eigenvalue weighted by molar-refractivity contribution is 6.35. The zero-order valence-corrected chi connectivity index (χ0v) is 15.0. The molecule has 1 aromatic carbocycles. The van der Waals surface area contributed by atoms with Crippen LogP contribution in [0.25, 0.3) is 0 Å². The van der Waals surface area contributed by atoms with Crippen LogP contribution in [-0.2, 0) is 9.53 Å². The van der Waals surface area contributed by atoms with Crippen molar-refractivity contribution < 1.29 is 26.7 Å². The van der Waals surface area contributed by atoms with Crippen LogP contribution in [0.15, 0.2) is 18.2 Å². The van der Waals surface area contributed by atoms with Crippen molar-refractivity contribution in [1.29, 1.82) is 0 Å². The van der Waals surface area contributed by atoms with Crippen LogP contribution in [0.1, 0.15) is 6.42 Å². The molecule has 0 saturated carbocycles. The molecule has 2 rings (SSSR count). The molecule has 0 aromatic heterocycles. The standard InChI is InChI=1S/C15H20Cl2N2O3.ClH/c16-12-2-3-14(13(17)10-12)22-11-15(20)18-4-1-5-19-6-8-21-9-7-19;/h2-3,10H,1,4-9,11H2,(H,18,20);1H/p-1. The number of rotatable bonds is 7. The predicted octanol–water partition coefficient (Wildman–Crippen LogP) is -0.785. The molecule has 0 unspecified atom stereocenters. The zero-order valence-electron chi connectivity index (χ0n) is 12.7. The average molecular weight is 383 g/mol. The van der Waals surface area contributed by atoms with Crippen LogP contribution >= 0.6 is 23.2 Å². The monoisotopic (exact) mass is 381 g/mol. The van der Waals surface area contributed by atoms with Gasteiger partial charge in [0.1, 0.15) is 5.75 Å². The third-order valence-electron chi connectivity index (χ3n) is 3.33. The molecule has 1 aliphatic heterocycles. The predicted molar refractivity (Wildman–Crippen MR) is 86.8 cm³/mol. The van der Waals surface area contributed by atoms with Crippen LogP contribution in [0, 0.1) is 0 Å². The second-order valence-corrected chi connectivity index (χ2v) is 5.86. The van der Waals surface area contributed by atoms with Gasteiger partial charge < -0.3 is 27.2 Å². The Morgan fingerprint density at radius 3 is 2.74 bits per heavy atom. The Morgan fingerprint density at radius 1 is 1.30 bits per heavy atom. The lowest BCUT2D eigenvalue weighted by molar-refractivity contribution is -0.123. The lowest BCUT2D eigenvalue weighted by Crippen LogP contribution is -3.00. The van der Waals surface area contributed by atoms with Crippen molar-refractivity contribution in [2.24, 2.45) is 0 Å². The third-order valence-corrected chi connectivity index (χ3v) is 3.86. The van der Waals surface area contributed by atoms with E-state index < -0.39 is 0 Å². The van der Waals surface area contributed by atoms with E-state index in [0.29, 0.717) is 22.3 Å². The van der Waals surface area contributed by atoms with Crippen molar-refractivity contribution in [3.63, 3.8) is 0 Å². The van der Waals surface area contributed by atoms with Crippen LogP contribution in [0.3, 0.4) is 0 Å². The van der Waals surface area contributed by atoms with Crippen LogP contribution < -0.4 is 22.5 Å². The van der Waals surface area contributed by atoms with Crippen molar-refractivity contribution in [1.82, 2.24) is 10.2 Å². The Bertz CT molecular complexity index is 497. The average Bonchev–Trinajstić information content (AvgIpc) is 2.52. The van der Waals surface area contributed by atoms with Gasteiger partial charge in [0.2, 0.25) is 0 Å². The van der Waals surface area contributed by atoms with Crippen LogP contribution in [0.5, 0.6) is 5.75 Å². The molecule has 1 fully saturated rings. The van der Waals surface area contributed by atoms with E-state index in [-0.39, 0.29) is 24.9 Å². The van der Waals surface area contributed by atoms with Crippen molar-refractivity contribution in [3.8, 4) is 5.75 Å². The SMILES string of the molecule is O=C(COc1ccc(Cl)cc1Cl)NCCCN1CCOCC1.[Cl-]. The molecule has 8 heteroatoms. The summed E-state index contributed by atoms with van der Waals surface area (Å²) in [6.45, 7) is 5.06. The first-order valence-electron chi connectivity index (χ1n) is 7.30. The maximum absolute atomic E-state index is 11.7. The molecular formula is C15H20Cl3N2O3-. The Balaban J connectivity index is 0.00000264. The molecular weight excluding hydrogens is 363 g/mol. The lowest BCUT2D eigenvalue weighted by atomic mass is 10.3. The highest BCUT2D eigenvalue weighted by Gasteiger charge is 2.10. The molecule has 1 amide bonds. The summed E-state index contributed by atoms with van der Waals surface area (Å²) < 4.78 is 10.7. The molecule has 1 aliphatic rings. The van der Waals surface area contributed by atoms with E-state index >= 15 is 0 Å². The molecule has 5 nitrogen and oxygen atoms in total. The van der Waals surface area contributed by atoms with Gasteiger partial charge in [0.05, 0.1) is 18.2 Å². The van der Waals surface area contributed by atoms with Gasteiger partial charge in [-0.1, -0.05) is 23.2 Å². The van der Waals surface area contributed by atoms with Gasteiger partial charge in [0, 0.05) is 24.7 Å². The molecule has 1 heterocycles. The summed E-state index contributed by atoms with van der Waals surface area (Å²) in [5.74, 6) is 0.294. The van der Waals surface area contributed by atoms with E-state index in [1.54, 1.807) is 18.2 Å².